The lowest BCUT2D eigenvalue weighted by Gasteiger charge is -2.38. The zero-order chi connectivity index (χ0) is 16.9. The Morgan fingerprint density at radius 1 is 1.00 bits per heavy atom. The van der Waals surface area contributed by atoms with E-state index in [0.29, 0.717) is 0 Å². The fourth-order valence-corrected chi connectivity index (χ4v) is 3.59. The van der Waals surface area contributed by atoms with Crippen LogP contribution in [0.1, 0.15) is 64.5 Å². The van der Waals surface area contributed by atoms with Gasteiger partial charge in [0.25, 0.3) is 0 Å². The maximum atomic E-state index is 6.05. The molecule has 2 nitrogen and oxygen atoms in total. The molecule has 2 heteroatoms. The Kier molecular flexibility index (Phi) is 6.27. The zero-order valence-corrected chi connectivity index (χ0v) is 15.8. The second-order valence-corrected chi connectivity index (χ2v) is 8.20. The summed E-state index contributed by atoms with van der Waals surface area (Å²) in [6.07, 6.45) is 6.12. The van der Waals surface area contributed by atoms with Crippen LogP contribution in [-0.4, -0.2) is 37.2 Å². The summed E-state index contributed by atoms with van der Waals surface area (Å²) in [4.78, 5) is 2.60. The molecule has 1 aromatic rings. The molecular formula is C21H35NO. The minimum absolute atomic E-state index is 0.0550. The molecule has 0 radical (unpaired) electrons. The molecule has 1 saturated heterocycles. The average molecular weight is 318 g/mol. The van der Waals surface area contributed by atoms with Crippen LogP contribution in [0.4, 0.5) is 0 Å². The lowest BCUT2D eigenvalue weighted by atomic mass is 9.85. The Labute approximate surface area is 143 Å². The number of piperidine rings is 1. The molecule has 0 bridgehead atoms. The number of nitrogens with zero attached hydrogens (tertiary/aromatic N) is 1. The fraction of sp³-hybridized carbons (Fsp3) is 0.714. The Hall–Kier alpha value is -0.860. The summed E-state index contributed by atoms with van der Waals surface area (Å²) in [7, 11) is 1.89. The van der Waals surface area contributed by atoms with Gasteiger partial charge in [-0.1, -0.05) is 58.4 Å². The van der Waals surface area contributed by atoms with E-state index >= 15 is 0 Å². The van der Waals surface area contributed by atoms with E-state index in [-0.39, 0.29) is 11.0 Å². The van der Waals surface area contributed by atoms with Crippen molar-refractivity contribution in [2.45, 2.75) is 70.8 Å². The number of benzene rings is 1. The first-order valence-corrected chi connectivity index (χ1v) is 9.25. The predicted molar refractivity (Wildman–Crippen MR) is 99.2 cm³/mol. The monoisotopic (exact) mass is 317 g/mol. The van der Waals surface area contributed by atoms with Gasteiger partial charge in [-0.3, -0.25) is 0 Å². The maximum absolute atomic E-state index is 6.05. The molecular weight excluding hydrogens is 282 g/mol. The smallest absolute Gasteiger partial charge is 0.0842 e. The van der Waals surface area contributed by atoms with E-state index in [4.69, 9.17) is 4.74 Å². The topological polar surface area (TPSA) is 12.5 Å². The van der Waals surface area contributed by atoms with Crippen LogP contribution in [0.2, 0.25) is 0 Å². The predicted octanol–water partition coefficient (Wildman–Crippen LogP) is 4.81. The summed E-state index contributed by atoms with van der Waals surface area (Å²) in [6.45, 7) is 12.6. The number of hydrogen-bond donors (Lipinski definition) is 0. The van der Waals surface area contributed by atoms with E-state index in [2.05, 4.69) is 56.9 Å². The normalized spacial score (nSPS) is 19.5. The van der Waals surface area contributed by atoms with Crippen molar-refractivity contribution in [2.24, 2.45) is 0 Å². The summed E-state index contributed by atoms with van der Waals surface area (Å²) in [5, 5.41) is 0. The van der Waals surface area contributed by atoms with Gasteiger partial charge in [0.05, 0.1) is 5.60 Å². The molecule has 0 aromatic heterocycles. The van der Waals surface area contributed by atoms with Crippen LogP contribution in [-0.2, 0) is 16.6 Å². The molecule has 1 fully saturated rings. The second-order valence-electron chi connectivity index (χ2n) is 8.20. The van der Waals surface area contributed by atoms with Gasteiger partial charge in [0.2, 0.25) is 0 Å². The SMILES string of the molecule is CCC(Cc1ccc(C(C)(C)C)cc1)(CN1CCCCC1)OC. The second kappa shape index (κ2) is 7.81. The summed E-state index contributed by atoms with van der Waals surface area (Å²) >= 11 is 0. The van der Waals surface area contributed by atoms with E-state index in [1.54, 1.807) is 0 Å². The van der Waals surface area contributed by atoms with Gasteiger partial charge in [-0.15, -0.1) is 0 Å². The van der Waals surface area contributed by atoms with Crippen molar-refractivity contribution in [2.75, 3.05) is 26.7 Å². The summed E-state index contributed by atoms with van der Waals surface area (Å²) < 4.78 is 6.05. The first kappa shape index (κ1) is 18.5. The van der Waals surface area contributed by atoms with E-state index in [1.165, 1.54) is 43.5 Å². The van der Waals surface area contributed by atoms with Gasteiger partial charge in [0, 0.05) is 20.1 Å². The molecule has 0 saturated carbocycles. The molecule has 1 atom stereocenters. The Morgan fingerprint density at radius 2 is 1.61 bits per heavy atom. The quantitative estimate of drug-likeness (QED) is 0.746. The Balaban J connectivity index is 2.08. The van der Waals surface area contributed by atoms with Crippen LogP contribution in [0, 0.1) is 0 Å². The molecule has 0 spiro atoms. The van der Waals surface area contributed by atoms with E-state index in [9.17, 15) is 0 Å². The highest BCUT2D eigenvalue weighted by molar-refractivity contribution is 5.28. The van der Waals surface area contributed by atoms with E-state index in [0.717, 1.165) is 19.4 Å². The molecule has 2 rings (SSSR count). The van der Waals surface area contributed by atoms with Gasteiger partial charge in [-0.05, 0) is 48.9 Å². The van der Waals surface area contributed by atoms with Gasteiger partial charge in [-0.2, -0.15) is 0 Å². The Bertz CT molecular complexity index is 462. The van der Waals surface area contributed by atoms with Crippen LogP contribution in [0.5, 0.6) is 0 Å². The number of hydrogen-bond acceptors (Lipinski definition) is 2. The minimum Gasteiger partial charge on any atom is -0.377 e. The standard InChI is InChI=1S/C21H35NO/c1-6-21(23-5,17-22-14-8-7-9-15-22)16-18-10-12-19(13-11-18)20(2,3)4/h10-13H,6-9,14-17H2,1-5H3. The third kappa shape index (κ3) is 5.06. The van der Waals surface area contributed by atoms with Gasteiger partial charge >= 0.3 is 0 Å². The average Bonchev–Trinajstić information content (AvgIpc) is 2.55. The van der Waals surface area contributed by atoms with E-state index in [1.807, 2.05) is 7.11 Å². The number of methoxy groups -OCH3 is 1. The molecule has 1 aliphatic heterocycles. The van der Waals surface area contributed by atoms with Crippen LogP contribution >= 0.6 is 0 Å². The van der Waals surface area contributed by atoms with Crippen LogP contribution < -0.4 is 0 Å². The summed E-state index contributed by atoms with van der Waals surface area (Å²) in [5.41, 5.74) is 2.95. The first-order chi connectivity index (χ1) is 10.9. The van der Waals surface area contributed by atoms with E-state index < -0.39 is 0 Å². The Morgan fingerprint density at radius 3 is 2.09 bits per heavy atom. The van der Waals surface area contributed by atoms with Gasteiger partial charge < -0.3 is 9.64 Å². The fourth-order valence-electron chi connectivity index (χ4n) is 3.59. The minimum atomic E-state index is -0.0550. The number of likely N-dealkylation sites (tertiary alicyclic amines) is 1. The largest absolute Gasteiger partial charge is 0.377 e. The molecule has 1 aliphatic rings. The van der Waals surface area contributed by atoms with Crippen LogP contribution in [0.3, 0.4) is 0 Å². The highest BCUT2D eigenvalue weighted by atomic mass is 16.5. The third-order valence-electron chi connectivity index (χ3n) is 5.38. The molecule has 23 heavy (non-hydrogen) atoms. The molecule has 1 aromatic carbocycles. The van der Waals surface area contributed by atoms with Crippen molar-refractivity contribution in [1.82, 2.24) is 4.90 Å². The molecule has 0 aliphatic carbocycles. The lowest BCUT2D eigenvalue weighted by Crippen LogP contribution is -2.47. The third-order valence-corrected chi connectivity index (χ3v) is 5.38. The van der Waals surface area contributed by atoms with Crippen molar-refractivity contribution in [3.05, 3.63) is 35.4 Å². The van der Waals surface area contributed by atoms with Gasteiger partial charge in [0.1, 0.15) is 0 Å². The van der Waals surface area contributed by atoms with Crippen molar-refractivity contribution < 1.29 is 4.74 Å². The van der Waals surface area contributed by atoms with Gasteiger partial charge in [-0.25, -0.2) is 0 Å². The van der Waals surface area contributed by atoms with Crippen molar-refractivity contribution in [3.63, 3.8) is 0 Å². The molecule has 0 N–H and O–H groups in total. The highest BCUT2D eigenvalue weighted by Gasteiger charge is 2.31. The van der Waals surface area contributed by atoms with Crippen molar-refractivity contribution >= 4 is 0 Å². The molecule has 0 amide bonds. The summed E-state index contributed by atoms with van der Waals surface area (Å²) in [6, 6.07) is 9.15. The van der Waals surface area contributed by atoms with Gasteiger partial charge in [0.15, 0.2) is 0 Å². The maximum Gasteiger partial charge on any atom is 0.0842 e. The van der Waals surface area contributed by atoms with Crippen LogP contribution in [0.15, 0.2) is 24.3 Å². The lowest BCUT2D eigenvalue weighted by molar-refractivity contribution is -0.0424. The van der Waals surface area contributed by atoms with Crippen molar-refractivity contribution in [3.8, 4) is 0 Å². The number of ether oxygens (including phenoxy) is 1. The van der Waals surface area contributed by atoms with Crippen molar-refractivity contribution in [1.29, 1.82) is 0 Å². The molecule has 1 unspecified atom stereocenters. The van der Waals surface area contributed by atoms with Crippen LogP contribution in [0.25, 0.3) is 0 Å². The molecule has 130 valence electrons. The summed E-state index contributed by atoms with van der Waals surface area (Å²) in [5.74, 6) is 0. The highest BCUT2D eigenvalue weighted by Crippen LogP contribution is 2.27. The zero-order valence-electron chi connectivity index (χ0n) is 15.8. The number of rotatable bonds is 6. The first-order valence-electron chi connectivity index (χ1n) is 9.25. The molecule has 1 heterocycles.